The van der Waals surface area contributed by atoms with Crippen molar-refractivity contribution in [3.8, 4) is 0 Å². The van der Waals surface area contributed by atoms with Gasteiger partial charge in [0.15, 0.2) is 0 Å². The van der Waals surface area contributed by atoms with Crippen LogP contribution in [0.5, 0.6) is 0 Å². The predicted molar refractivity (Wildman–Crippen MR) is 103 cm³/mol. The number of carbonyl (C=O) groups is 1. The molecule has 1 amide bonds. The van der Waals surface area contributed by atoms with Crippen LogP contribution in [0.25, 0.3) is 0 Å². The van der Waals surface area contributed by atoms with Crippen molar-refractivity contribution in [2.75, 3.05) is 7.05 Å². The molecule has 1 aromatic heterocycles. The lowest BCUT2D eigenvalue weighted by atomic mass is 9.88. The van der Waals surface area contributed by atoms with Crippen LogP contribution >= 0.6 is 11.6 Å². The lowest BCUT2D eigenvalue weighted by molar-refractivity contribution is -0.130. The molecule has 0 aliphatic carbocycles. The van der Waals surface area contributed by atoms with E-state index in [1.807, 2.05) is 60.7 Å². The Balaban J connectivity index is 1.82. The zero-order valence-corrected chi connectivity index (χ0v) is 15.3. The van der Waals surface area contributed by atoms with Crippen LogP contribution in [0.3, 0.4) is 0 Å². The van der Waals surface area contributed by atoms with E-state index in [0.29, 0.717) is 18.0 Å². The van der Waals surface area contributed by atoms with Crippen molar-refractivity contribution >= 4 is 17.5 Å². The highest BCUT2D eigenvalue weighted by atomic mass is 35.5. The molecule has 0 spiro atoms. The fourth-order valence-corrected chi connectivity index (χ4v) is 3.19. The molecule has 5 heteroatoms. The molecule has 0 saturated heterocycles. The standard InChI is InChI=1S/C21H20ClN3O/c1-25(14-17-11-12-23-15-24-17)21(26)13-19(16-7-3-2-4-8-16)18-9-5-6-10-20(18)22/h2-12,15,19H,13-14H2,1H3/t19-/m1/s1. The van der Waals surface area contributed by atoms with Gasteiger partial charge >= 0.3 is 0 Å². The average Bonchev–Trinajstić information content (AvgIpc) is 2.68. The van der Waals surface area contributed by atoms with E-state index in [4.69, 9.17) is 11.6 Å². The van der Waals surface area contributed by atoms with E-state index < -0.39 is 0 Å². The molecule has 3 rings (SSSR count). The van der Waals surface area contributed by atoms with Gasteiger partial charge in [0.1, 0.15) is 6.33 Å². The molecule has 3 aromatic rings. The van der Waals surface area contributed by atoms with E-state index in [1.165, 1.54) is 6.33 Å². The molecule has 0 bridgehead atoms. The normalized spacial score (nSPS) is 11.8. The summed E-state index contributed by atoms with van der Waals surface area (Å²) in [6, 6.07) is 19.5. The molecule has 132 valence electrons. The molecular formula is C21H20ClN3O. The van der Waals surface area contributed by atoms with Gasteiger partial charge in [0, 0.05) is 30.6 Å². The summed E-state index contributed by atoms with van der Waals surface area (Å²) in [7, 11) is 1.79. The molecule has 0 aliphatic heterocycles. The van der Waals surface area contributed by atoms with Gasteiger partial charge in [-0.05, 0) is 23.3 Å². The van der Waals surface area contributed by atoms with E-state index in [2.05, 4.69) is 9.97 Å². The number of amides is 1. The molecule has 0 N–H and O–H groups in total. The monoisotopic (exact) mass is 365 g/mol. The summed E-state index contributed by atoms with van der Waals surface area (Å²) in [5, 5.41) is 0.674. The topological polar surface area (TPSA) is 46.1 Å². The third-order valence-corrected chi connectivity index (χ3v) is 4.67. The van der Waals surface area contributed by atoms with Crippen molar-refractivity contribution in [2.45, 2.75) is 18.9 Å². The molecule has 0 radical (unpaired) electrons. The van der Waals surface area contributed by atoms with Crippen LogP contribution in [0.2, 0.25) is 5.02 Å². The number of nitrogens with zero attached hydrogens (tertiary/aromatic N) is 3. The second-order valence-corrected chi connectivity index (χ2v) is 6.55. The smallest absolute Gasteiger partial charge is 0.223 e. The first-order valence-corrected chi connectivity index (χ1v) is 8.81. The summed E-state index contributed by atoms with van der Waals surface area (Å²) >= 11 is 6.42. The van der Waals surface area contributed by atoms with E-state index in [-0.39, 0.29) is 11.8 Å². The molecular weight excluding hydrogens is 346 g/mol. The molecule has 26 heavy (non-hydrogen) atoms. The van der Waals surface area contributed by atoms with E-state index in [9.17, 15) is 4.79 Å². The number of aromatic nitrogens is 2. The molecule has 0 saturated carbocycles. The maximum Gasteiger partial charge on any atom is 0.223 e. The summed E-state index contributed by atoms with van der Waals surface area (Å²) < 4.78 is 0. The van der Waals surface area contributed by atoms with E-state index in [0.717, 1.165) is 16.8 Å². The Bertz CT molecular complexity index is 855. The van der Waals surface area contributed by atoms with Crippen molar-refractivity contribution < 1.29 is 4.79 Å². The van der Waals surface area contributed by atoms with Crippen molar-refractivity contribution in [1.82, 2.24) is 14.9 Å². The number of hydrogen-bond acceptors (Lipinski definition) is 3. The van der Waals surface area contributed by atoms with Crippen LogP contribution in [0.4, 0.5) is 0 Å². The third-order valence-electron chi connectivity index (χ3n) is 4.33. The highest BCUT2D eigenvalue weighted by Crippen LogP contribution is 2.33. The molecule has 1 atom stereocenters. The quantitative estimate of drug-likeness (QED) is 0.653. The number of halogens is 1. The summed E-state index contributed by atoms with van der Waals surface area (Å²) in [5.74, 6) is -0.0531. The van der Waals surface area contributed by atoms with Gasteiger partial charge in [0.05, 0.1) is 12.2 Å². The van der Waals surface area contributed by atoms with Gasteiger partial charge in [-0.2, -0.15) is 0 Å². The fraction of sp³-hybridized carbons (Fsp3) is 0.190. The van der Waals surface area contributed by atoms with Crippen LogP contribution in [0.15, 0.2) is 73.2 Å². The number of rotatable bonds is 6. The maximum atomic E-state index is 12.9. The van der Waals surface area contributed by atoms with Gasteiger partial charge < -0.3 is 4.90 Å². The predicted octanol–water partition coefficient (Wildman–Crippen LogP) is 4.31. The first kappa shape index (κ1) is 18.1. The van der Waals surface area contributed by atoms with Gasteiger partial charge in [-0.15, -0.1) is 0 Å². The summed E-state index contributed by atoms with van der Waals surface area (Å²) in [6.45, 7) is 0.450. The van der Waals surface area contributed by atoms with Gasteiger partial charge in [-0.25, -0.2) is 9.97 Å². The van der Waals surface area contributed by atoms with E-state index in [1.54, 1.807) is 18.1 Å². The van der Waals surface area contributed by atoms with Gasteiger partial charge in [-0.3, -0.25) is 4.79 Å². The van der Waals surface area contributed by atoms with Crippen molar-refractivity contribution in [3.63, 3.8) is 0 Å². The van der Waals surface area contributed by atoms with Gasteiger partial charge in [0.2, 0.25) is 5.91 Å². The SMILES string of the molecule is CN(Cc1ccncn1)C(=O)C[C@H](c1ccccc1)c1ccccc1Cl. The zero-order chi connectivity index (χ0) is 18.4. The molecule has 4 nitrogen and oxygen atoms in total. The Morgan fingerprint density at radius 3 is 2.50 bits per heavy atom. The van der Waals surface area contributed by atoms with Crippen LogP contribution in [0, 0.1) is 0 Å². The van der Waals surface area contributed by atoms with Crippen LogP contribution in [-0.2, 0) is 11.3 Å². The summed E-state index contributed by atoms with van der Waals surface area (Å²) in [5.41, 5.74) is 2.85. The number of hydrogen-bond donors (Lipinski definition) is 0. The van der Waals surface area contributed by atoms with Crippen LogP contribution < -0.4 is 0 Å². The lowest BCUT2D eigenvalue weighted by Gasteiger charge is -2.23. The molecule has 0 aliphatic rings. The molecule has 0 fully saturated rings. The van der Waals surface area contributed by atoms with Crippen LogP contribution in [0.1, 0.15) is 29.2 Å². The summed E-state index contributed by atoms with van der Waals surface area (Å²) in [6.07, 6.45) is 3.51. The van der Waals surface area contributed by atoms with Crippen LogP contribution in [-0.4, -0.2) is 27.8 Å². The second kappa shape index (κ2) is 8.59. The van der Waals surface area contributed by atoms with Crippen molar-refractivity contribution in [3.05, 3.63) is 95.0 Å². The fourth-order valence-electron chi connectivity index (χ4n) is 2.92. The Morgan fingerprint density at radius 2 is 1.81 bits per heavy atom. The summed E-state index contributed by atoms with van der Waals surface area (Å²) in [4.78, 5) is 22.6. The van der Waals surface area contributed by atoms with Crippen molar-refractivity contribution in [2.24, 2.45) is 0 Å². The van der Waals surface area contributed by atoms with Gasteiger partial charge in [-0.1, -0.05) is 60.1 Å². The Hall–Kier alpha value is -2.72. The van der Waals surface area contributed by atoms with Gasteiger partial charge in [0.25, 0.3) is 0 Å². The maximum absolute atomic E-state index is 12.9. The highest BCUT2D eigenvalue weighted by molar-refractivity contribution is 6.31. The average molecular weight is 366 g/mol. The Morgan fingerprint density at radius 1 is 1.08 bits per heavy atom. The lowest BCUT2D eigenvalue weighted by Crippen LogP contribution is -2.28. The zero-order valence-electron chi connectivity index (χ0n) is 14.5. The minimum absolute atomic E-state index is 0.0392. The largest absolute Gasteiger partial charge is 0.340 e. The minimum atomic E-state index is -0.0924. The first-order chi connectivity index (χ1) is 12.6. The Labute approximate surface area is 158 Å². The highest BCUT2D eigenvalue weighted by Gasteiger charge is 2.22. The first-order valence-electron chi connectivity index (χ1n) is 8.43. The Kier molecular flexibility index (Phi) is 5.97. The second-order valence-electron chi connectivity index (χ2n) is 6.14. The molecule has 1 heterocycles. The molecule has 0 unspecified atom stereocenters. The van der Waals surface area contributed by atoms with Crippen molar-refractivity contribution in [1.29, 1.82) is 0 Å². The van der Waals surface area contributed by atoms with E-state index >= 15 is 0 Å². The molecule has 2 aromatic carbocycles. The number of benzene rings is 2. The number of carbonyl (C=O) groups excluding carboxylic acids is 1. The minimum Gasteiger partial charge on any atom is -0.340 e. The third kappa shape index (κ3) is 4.46.